The Morgan fingerprint density at radius 3 is 2.21 bits per heavy atom. The van der Waals surface area contributed by atoms with E-state index in [0.29, 0.717) is 31.1 Å². The Hall–Kier alpha value is -4.05. The second-order valence-electron chi connectivity index (χ2n) is 10.9. The summed E-state index contributed by atoms with van der Waals surface area (Å²) < 4.78 is 40.6. The number of nitrogens with zero attached hydrogens (tertiary/aromatic N) is 2. The van der Waals surface area contributed by atoms with Gasteiger partial charge in [-0.1, -0.05) is 74.7 Å². The molecule has 10 heteroatoms. The molecule has 0 spiro atoms. The SMILES string of the molecule is CCC(C(=O)NC1CCCCC1)N(Cc1ccccc1)C(=O)CN(c1ccc2c(c1)OCCO2)S(=O)(=O)c1ccccc1. The van der Waals surface area contributed by atoms with Gasteiger partial charge in [0, 0.05) is 18.7 Å². The summed E-state index contributed by atoms with van der Waals surface area (Å²) in [4.78, 5) is 29.5. The Balaban J connectivity index is 1.49. The van der Waals surface area contributed by atoms with Crippen molar-refractivity contribution in [2.75, 3.05) is 24.1 Å². The topological polar surface area (TPSA) is 105 Å². The summed E-state index contributed by atoms with van der Waals surface area (Å²) in [5.74, 6) is 0.220. The van der Waals surface area contributed by atoms with Gasteiger partial charge in [0.25, 0.3) is 10.0 Å². The molecule has 3 aromatic carbocycles. The fourth-order valence-corrected chi connectivity index (χ4v) is 7.11. The molecule has 228 valence electrons. The van der Waals surface area contributed by atoms with E-state index in [2.05, 4.69) is 5.32 Å². The van der Waals surface area contributed by atoms with Gasteiger partial charge in [-0.2, -0.15) is 0 Å². The molecule has 1 aliphatic carbocycles. The van der Waals surface area contributed by atoms with E-state index in [9.17, 15) is 18.0 Å². The van der Waals surface area contributed by atoms with Crippen molar-refractivity contribution in [1.82, 2.24) is 10.2 Å². The third-order valence-corrected chi connectivity index (χ3v) is 9.75. The molecule has 0 aromatic heterocycles. The van der Waals surface area contributed by atoms with E-state index in [4.69, 9.17) is 9.47 Å². The molecule has 9 nitrogen and oxygen atoms in total. The Labute approximate surface area is 253 Å². The van der Waals surface area contributed by atoms with Crippen LogP contribution in [0.3, 0.4) is 0 Å². The summed E-state index contributed by atoms with van der Waals surface area (Å²) in [6, 6.07) is 21.6. The zero-order chi connectivity index (χ0) is 30.2. The first kappa shape index (κ1) is 30.4. The van der Waals surface area contributed by atoms with E-state index in [1.165, 1.54) is 17.0 Å². The summed E-state index contributed by atoms with van der Waals surface area (Å²) in [5.41, 5.74) is 1.11. The standard InChI is InChI=1S/C33H39N3O6S/c1-2-29(33(38)34-26-14-8-4-9-15-26)35(23-25-12-6-3-7-13-25)32(37)24-36(43(39,40)28-16-10-5-11-17-28)27-18-19-30-31(22-27)42-21-20-41-30/h3,5-7,10-13,16-19,22,26,29H,2,4,8-9,14-15,20-21,23-24H2,1H3,(H,34,38). The average Bonchev–Trinajstić information content (AvgIpc) is 3.04. The first-order valence-corrected chi connectivity index (χ1v) is 16.4. The van der Waals surface area contributed by atoms with Gasteiger partial charge in [-0.05, 0) is 49.1 Å². The highest BCUT2D eigenvalue weighted by Gasteiger charge is 2.35. The lowest BCUT2D eigenvalue weighted by Gasteiger charge is -2.34. The molecule has 0 bridgehead atoms. The second-order valence-corrected chi connectivity index (χ2v) is 12.8. The number of rotatable bonds is 11. The number of sulfonamides is 1. The van der Waals surface area contributed by atoms with Crippen molar-refractivity contribution < 1.29 is 27.5 Å². The summed E-state index contributed by atoms with van der Waals surface area (Å²) in [6.45, 7) is 2.26. The Morgan fingerprint density at radius 2 is 1.53 bits per heavy atom. The van der Waals surface area contributed by atoms with Crippen LogP contribution in [0.4, 0.5) is 5.69 Å². The highest BCUT2D eigenvalue weighted by Crippen LogP contribution is 2.36. The van der Waals surface area contributed by atoms with E-state index in [0.717, 1.165) is 42.0 Å². The predicted octanol–water partition coefficient (Wildman–Crippen LogP) is 4.91. The number of carbonyl (C=O) groups excluding carboxylic acids is 2. The third kappa shape index (κ3) is 7.30. The minimum absolute atomic E-state index is 0.0504. The molecule has 5 rings (SSSR count). The van der Waals surface area contributed by atoms with Crippen molar-refractivity contribution >= 4 is 27.5 Å². The molecule has 1 saturated carbocycles. The van der Waals surface area contributed by atoms with Crippen LogP contribution in [0.25, 0.3) is 0 Å². The molecule has 1 N–H and O–H groups in total. The first-order chi connectivity index (χ1) is 20.9. The van der Waals surface area contributed by atoms with E-state index >= 15 is 0 Å². The number of ether oxygens (including phenoxy) is 2. The quantitative estimate of drug-likeness (QED) is 0.333. The van der Waals surface area contributed by atoms with Crippen LogP contribution in [-0.4, -0.2) is 57.0 Å². The lowest BCUT2D eigenvalue weighted by Crippen LogP contribution is -2.54. The first-order valence-electron chi connectivity index (χ1n) is 15.0. The van der Waals surface area contributed by atoms with E-state index in [-0.39, 0.29) is 29.1 Å². The number of fused-ring (bicyclic) bond motifs is 1. The fourth-order valence-electron chi connectivity index (χ4n) is 5.68. The second kappa shape index (κ2) is 13.9. The van der Waals surface area contributed by atoms with Crippen LogP contribution in [0, 0.1) is 0 Å². The number of nitrogens with one attached hydrogen (secondary N) is 1. The maximum atomic E-state index is 14.3. The number of hydrogen-bond donors (Lipinski definition) is 1. The molecule has 43 heavy (non-hydrogen) atoms. The van der Waals surface area contributed by atoms with Crippen LogP contribution in [0.15, 0.2) is 83.8 Å². The molecule has 1 aliphatic heterocycles. The Bertz CT molecular complexity index is 1490. The summed E-state index contributed by atoms with van der Waals surface area (Å²) in [7, 11) is -4.17. The van der Waals surface area contributed by atoms with Gasteiger partial charge < -0.3 is 19.7 Å². The molecule has 1 atom stereocenters. The normalized spacial score (nSPS) is 15.7. The van der Waals surface area contributed by atoms with Gasteiger partial charge in [-0.3, -0.25) is 13.9 Å². The molecule has 1 unspecified atom stereocenters. The summed E-state index contributed by atoms with van der Waals surface area (Å²) in [6.07, 6.45) is 5.51. The van der Waals surface area contributed by atoms with Gasteiger partial charge in [0.2, 0.25) is 11.8 Å². The van der Waals surface area contributed by atoms with Crippen molar-refractivity contribution in [3.05, 3.63) is 84.4 Å². The minimum Gasteiger partial charge on any atom is -0.486 e. The van der Waals surface area contributed by atoms with Gasteiger partial charge in [-0.25, -0.2) is 8.42 Å². The van der Waals surface area contributed by atoms with Crippen LogP contribution >= 0.6 is 0 Å². The highest BCUT2D eigenvalue weighted by atomic mass is 32.2. The van der Waals surface area contributed by atoms with Crippen LogP contribution in [0.5, 0.6) is 11.5 Å². The number of hydrogen-bond acceptors (Lipinski definition) is 6. The molecule has 1 heterocycles. The van der Waals surface area contributed by atoms with E-state index in [1.54, 1.807) is 36.4 Å². The zero-order valence-corrected chi connectivity index (χ0v) is 25.3. The molecule has 0 saturated heterocycles. The van der Waals surface area contributed by atoms with Crippen molar-refractivity contribution in [2.24, 2.45) is 0 Å². The van der Waals surface area contributed by atoms with Crippen molar-refractivity contribution in [3.63, 3.8) is 0 Å². The van der Waals surface area contributed by atoms with Gasteiger partial charge in [0.05, 0.1) is 10.6 Å². The number of amides is 2. The molecule has 1 fully saturated rings. The van der Waals surface area contributed by atoms with Gasteiger partial charge in [0.15, 0.2) is 11.5 Å². The van der Waals surface area contributed by atoms with Crippen LogP contribution in [-0.2, 0) is 26.2 Å². The predicted molar refractivity (Wildman–Crippen MR) is 164 cm³/mol. The van der Waals surface area contributed by atoms with Crippen LogP contribution in [0.2, 0.25) is 0 Å². The monoisotopic (exact) mass is 605 g/mol. The third-order valence-electron chi connectivity index (χ3n) is 7.96. The zero-order valence-electron chi connectivity index (χ0n) is 24.5. The maximum Gasteiger partial charge on any atom is 0.264 e. The molecule has 2 amide bonds. The Morgan fingerprint density at radius 1 is 0.884 bits per heavy atom. The Kier molecular flexibility index (Phi) is 9.86. The van der Waals surface area contributed by atoms with Crippen molar-refractivity contribution in [3.8, 4) is 11.5 Å². The number of anilines is 1. The van der Waals surface area contributed by atoms with Crippen LogP contribution < -0.4 is 19.1 Å². The average molecular weight is 606 g/mol. The van der Waals surface area contributed by atoms with Crippen LogP contribution in [0.1, 0.15) is 51.0 Å². The van der Waals surface area contributed by atoms with E-state index < -0.39 is 28.5 Å². The summed E-state index contributed by atoms with van der Waals surface area (Å²) in [5, 5.41) is 3.17. The van der Waals surface area contributed by atoms with E-state index in [1.807, 2.05) is 37.3 Å². The van der Waals surface area contributed by atoms with Crippen molar-refractivity contribution in [2.45, 2.75) is 69.0 Å². The minimum atomic E-state index is -4.17. The van der Waals surface area contributed by atoms with Gasteiger partial charge in [0.1, 0.15) is 25.8 Å². The molecule has 2 aliphatic rings. The molecule has 3 aromatic rings. The van der Waals surface area contributed by atoms with Crippen molar-refractivity contribution in [1.29, 1.82) is 0 Å². The van der Waals surface area contributed by atoms with Gasteiger partial charge >= 0.3 is 0 Å². The number of benzene rings is 3. The molecular weight excluding hydrogens is 566 g/mol. The molecular formula is C33H39N3O6S. The maximum absolute atomic E-state index is 14.3. The summed E-state index contributed by atoms with van der Waals surface area (Å²) >= 11 is 0. The lowest BCUT2D eigenvalue weighted by atomic mass is 9.95. The highest BCUT2D eigenvalue weighted by molar-refractivity contribution is 7.92. The molecule has 0 radical (unpaired) electrons. The smallest absolute Gasteiger partial charge is 0.264 e. The number of carbonyl (C=O) groups is 2. The largest absolute Gasteiger partial charge is 0.486 e. The van der Waals surface area contributed by atoms with Gasteiger partial charge in [-0.15, -0.1) is 0 Å². The lowest BCUT2D eigenvalue weighted by molar-refractivity contribution is -0.140. The fraction of sp³-hybridized carbons (Fsp3) is 0.394.